The summed E-state index contributed by atoms with van der Waals surface area (Å²) in [4.78, 5) is 10.9. The highest BCUT2D eigenvalue weighted by Gasteiger charge is 2.45. The van der Waals surface area contributed by atoms with Crippen molar-refractivity contribution in [2.24, 2.45) is 11.7 Å². The Morgan fingerprint density at radius 3 is 2.75 bits per heavy atom. The van der Waals surface area contributed by atoms with Crippen molar-refractivity contribution in [1.29, 1.82) is 0 Å². The predicted octanol–water partition coefficient (Wildman–Crippen LogP) is 0.0464. The molecule has 0 aromatic rings. The highest BCUT2D eigenvalue weighted by atomic mass is 16.1. The fraction of sp³-hybridized carbons (Fsp3) is 0.889. The van der Waals surface area contributed by atoms with Gasteiger partial charge in [0.2, 0.25) is 0 Å². The smallest absolute Gasteiger partial charge is 0.136 e. The van der Waals surface area contributed by atoms with Crippen LogP contribution < -0.4 is 11.1 Å². The van der Waals surface area contributed by atoms with Crippen LogP contribution in [0.25, 0.3) is 0 Å². The predicted molar refractivity (Wildman–Crippen MR) is 46.8 cm³/mol. The molecule has 0 amide bonds. The van der Waals surface area contributed by atoms with E-state index in [9.17, 15) is 4.79 Å². The lowest BCUT2D eigenvalue weighted by Crippen LogP contribution is -2.60. The number of nitrogens with one attached hydrogen (secondary N) is 1. The molecule has 0 aromatic heterocycles. The van der Waals surface area contributed by atoms with E-state index in [4.69, 9.17) is 5.73 Å². The minimum absolute atomic E-state index is 0.148. The average molecular weight is 168 g/mol. The van der Waals surface area contributed by atoms with Crippen LogP contribution in [-0.2, 0) is 4.79 Å². The minimum atomic E-state index is -0.148. The SMILES string of the molecule is NC1(C2CCCNC2)CC(=O)C1. The molecule has 2 rings (SSSR count). The molecule has 1 unspecified atom stereocenters. The summed E-state index contributed by atoms with van der Waals surface area (Å²) in [6, 6.07) is 0. The summed E-state index contributed by atoms with van der Waals surface area (Å²) >= 11 is 0. The van der Waals surface area contributed by atoms with Gasteiger partial charge in [0.05, 0.1) is 0 Å². The number of Topliss-reactive ketones (excluding diaryl/α,β-unsaturated/α-hetero) is 1. The molecule has 2 aliphatic rings. The lowest BCUT2D eigenvalue weighted by Gasteiger charge is -2.45. The van der Waals surface area contributed by atoms with Crippen LogP contribution in [-0.4, -0.2) is 24.4 Å². The topological polar surface area (TPSA) is 55.1 Å². The lowest BCUT2D eigenvalue weighted by molar-refractivity contribution is -0.130. The van der Waals surface area contributed by atoms with E-state index in [1.54, 1.807) is 0 Å². The van der Waals surface area contributed by atoms with Crippen molar-refractivity contribution >= 4 is 5.78 Å². The molecule has 0 aromatic carbocycles. The van der Waals surface area contributed by atoms with Crippen molar-refractivity contribution in [3.8, 4) is 0 Å². The molecule has 68 valence electrons. The molecule has 1 aliphatic heterocycles. The van der Waals surface area contributed by atoms with E-state index in [0.717, 1.165) is 13.1 Å². The summed E-state index contributed by atoms with van der Waals surface area (Å²) in [5.74, 6) is 0.868. The molecule has 1 heterocycles. The Labute approximate surface area is 72.7 Å². The maximum absolute atomic E-state index is 10.9. The summed E-state index contributed by atoms with van der Waals surface area (Å²) in [7, 11) is 0. The van der Waals surface area contributed by atoms with Crippen LogP contribution in [0.1, 0.15) is 25.7 Å². The third kappa shape index (κ3) is 1.27. The molecule has 1 saturated heterocycles. The molecule has 2 fully saturated rings. The Morgan fingerprint density at radius 2 is 2.25 bits per heavy atom. The number of carbonyl (C=O) groups is 1. The van der Waals surface area contributed by atoms with Crippen LogP contribution in [0.5, 0.6) is 0 Å². The molecular formula is C9H16N2O. The Kier molecular flexibility index (Phi) is 1.93. The van der Waals surface area contributed by atoms with E-state index in [2.05, 4.69) is 5.32 Å². The fourth-order valence-corrected chi connectivity index (χ4v) is 2.31. The third-order valence-electron chi connectivity index (χ3n) is 3.16. The molecule has 3 N–H and O–H groups in total. The monoisotopic (exact) mass is 168 g/mol. The number of hydrogen-bond donors (Lipinski definition) is 2. The molecule has 1 atom stereocenters. The van der Waals surface area contributed by atoms with E-state index in [1.807, 2.05) is 0 Å². The van der Waals surface area contributed by atoms with Gasteiger partial charge in [-0.2, -0.15) is 0 Å². The molecule has 3 nitrogen and oxygen atoms in total. The standard InChI is InChI=1S/C9H16N2O/c10-9(4-8(12)5-9)7-2-1-3-11-6-7/h7,11H,1-6,10H2. The van der Waals surface area contributed by atoms with Crippen molar-refractivity contribution in [1.82, 2.24) is 5.32 Å². The second kappa shape index (κ2) is 2.82. The van der Waals surface area contributed by atoms with Gasteiger partial charge < -0.3 is 11.1 Å². The van der Waals surface area contributed by atoms with Gasteiger partial charge in [-0.05, 0) is 31.8 Å². The van der Waals surface area contributed by atoms with Gasteiger partial charge >= 0.3 is 0 Å². The summed E-state index contributed by atoms with van der Waals surface area (Å²) in [5, 5.41) is 3.33. The molecule has 0 spiro atoms. The molecule has 0 bridgehead atoms. The van der Waals surface area contributed by atoms with Crippen LogP contribution in [0, 0.1) is 5.92 Å². The maximum Gasteiger partial charge on any atom is 0.136 e. The van der Waals surface area contributed by atoms with Gasteiger partial charge in [0.25, 0.3) is 0 Å². The first-order valence-electron chi connectivity index (χ1n) is 4.72. The first-order chi connectivity index (χ1) is 5.71. The normalized spacial score (nSPS) is 34.4. The first kappa shape index (κ1) is 8.20. The minimum Gasteiger partial charge on any atom is -0.324 e. The Bertz CT molecular complexity index is 189. The summed E-state index contributed by atoms with van der Waals surface area (Å²) in [5.41, 5.74) is 5.96. The molecular weight excluding hydrogens is 152 g/mol. The number of carbonyl (C=O) groups excluding carboxylic acids is 1. The molecule has 0 radical (unpaired) electrons. The van der Waals surface area contributed by atoms with Crippen molar-refractivity contribution < 1.29 is 4.79 Å². The van der Waals surface area contributed by atoms with Crippen LogP contribution in [0.4, 0.5) is 0 Å². The van der Waals surface area contributed by atoms with E-state index < -0.39 is 0 Å². The zero-order chi connectivity index (χ0) is 8.60. The number of rotatable bonds is 1. The fourth-order valence-electron chi connectivity index (χ4n) is 2.31. The van der Waals surface area contributed by atoms with Gasteiger partial charge in [-0.3, -0.25) is 4.79 Å². The van der Waals surface area contributed by atoms with E-state index in [0.29, 0.717) is 24.5 Å². The maximum atomic E-state index is 10.9. The number of ketones is 1. The van der Waals surface area contributed by atoms with Crippen LogP contribution in [0.3, 0.4) is 0 Å². The Balaban J connectivity index is 1.94. The van der Waals surface area contributed by atoms with Gasteiger partial charge in [-0.1, -0.05) is 0 Å². The highest BCUT2D eigenvalue weighted by Crippen LogP contribution is 2.36. The van der Waals surface area contributed by atoms with E-state index >= 15 is 0 Å². The van der Waals surface area contributed by atoms with E-state index in [1.165, 1.54) is 12.8 Å². The van der Waals surface area contributed by atoms with Gasteiger partial charge in [0.15, 0.2) is 0 Å². The molecule has 3 heteroatoms. The number of hydrogen-bond acceptors (Lipinski definition) is 3. The van der Waals surface area contributed by atoms with Gasteiger partial charge in [0.1, 0.15) is 5.78 Å². The third-order valence-corrected chi connectivity index (χ3v) is 3.16. The van der Waals surface area contributed by atoms with Gasteiger partial charge in [-0.25, -0.2) is 0 Å². The largest absolute Gasteiger partial charge is 0.324 e. The average Bonchev–Trinajstić information content (AvgIpc) is 2.04. The zero-order valence-electron chi connectivity index (χ0n) is 7.31. The second-order valence-electron chi connectivity index (χ2n) is 4.17. The Morgan fingerprint density at radius 1 is 1.50 bits per heavy atom. The zero-order valence-corrected chi connectivity index (χ0v) is 7.31. The summed E-state index contributed by atoms with van der Waals surface area (Å²) in [6.45, 7) is 2.12. The molecule has 1 aliphatic carbocycles. The summed E-state index contributed by atoms with van der Waals surface area (Å²) < 4.78 is 0. The van der Waals surface area contributed by atoms with Crippen LogP contribution in [0.2, 0.25) is 0 Å². The second-order valence-corrected chi connectivity index (χ2v) is 4.17. The van der Waals surface area contributed by atoms with Crippen molar-refractivity contribution in [3.63, 3.8) is 0 Å². The Hall–Kier alpha value is -0.410. The van der Waals surface area contributed by atoms with E-state index in [-0.39, 0.29) is 5.54 Å². The van der Waals surface area contributed by atoms with Gasteiger partial charge in [-0.15, -0.1) is 0 Å². The van der Waals surface area contributed by atoms with Crippen molar-refractivity contribution in [2.75, 3.05) is 13.1 Å². The van der Waals surface area contributed by atoms with Crippen LogP contribution >= 0.6 is 0 Å². The number of nitrogens with two attached hydrogens (primary N) is 1. The number of piperidine rings is 1. The lowest BCUT2D eigenvalue weighted by atomic mass is 9.66. The van der Waals surface area contributed by atoms with Crippen molar-refractivity contribution in [3.05, 3.63) is 0 Å². The summed E-state index contributed by atoms with van der Waals surface area (Å²) in [6.07, 6.45) is 3.62. The van der Waals surface area contributed by atoms with Gasteiger partial charge in [0, 0.05) is 18.4 Å². The highest BCUT2D eigenvalue weighted by molar-refractivity contribution is 5.87. The first-order valence-corrected chi connectivity index (χ1v) is 4.72. The molecule has 1 saturated carbocycles. The molecule has 12 heavy (non-hydrogen) atoms. The van der Waals surface area contributed by atoms with Crippen molar-refractivity contribution in [2.45, 2.75) is 31.2 Å². The quantitative estimate of drug-likeness (QED) is 0.581. The van der Waals surface area contributed by atoms with Crippen LogP contribution in [0.15, 0.2) is 0 Å².